The van der Waals surface area contributed by atoms with Crippen LogP contribution in [0.25, 0.3) is 22.1 Å². The number of nitro groups is 1. The van der Waals surface area contributed by atoms with E-state index < -0.39 is 20.7 Å². The third-order valence-corrected chi connectivity index (χ3v) is 6.31. The first-order valence-electron chi connectivity index (χ1n) is 8.60. The number of ether oxygens (including phenoxy) is 1. The van der Waals surface area contributed by atoms with Gasteiger partial charge in [-0.2, -0.15) is 0 Å². The first-order valence-corrected chi connectivity index (χ1v) is 10.1. The van der Waals surface area contributed by atoms with Crippen LogP contribution in [0.4, 0.5) is 5.69 Å². The van der Waals surface area contributed by atoms with Gasteiger partial charge < -0.3 is 4.74 Å². The molecule has 0 radical (unpaired) electrons. The number of hydrogen-bond donors (Lipinski definition) is 0. The van der Waals surface area contributed by atoms with E-state index in [4.69, 9.17) is 4.74 Å². The number of nitrogens with zero attached hydrogens (tertiary/aromatic N) is 3. The lowest BCUT2D eigenvalue weighted by atomic mass is 10.1. The highest BCUT2D eigenvalue weighted by Crippen LogP contribution is 2.29. The Morgan fingerprint density at radius 2 is 1.53 bits per heavy atom. The molecule has 10 heteroatoms. The van der Waals surface area contributed by atoms with Crippen LogP contribution in [0.5, 0.6) is 0 Å². The van der Waals surface area contributed by atoms with Crippen molar-refractivity contribution in [3.63, 3.8) is 0 Å². The molecule has 0 atom stereocenters. The second kappa shape index (κ2) is 7.16. The van der Waals surface area contributed by atoms with Gasteiger partial charge in [0.15, 0.2) is 0 Å². The molecule has 0 fully saturated rings. The largest absolute Gasteiger partial charge is 0.465 e. The lowest BCUT2D eigenvalue weighted by molar-refractivity contribution is -0.384. The summed E-state index contributed by atoms with van der Waals surface area (Å²) < 4.78 is 31.1. The third kappa shape index (κ3) is 3.12. The van der Waals surface area contributed by atoms with E-state index >= 15 is 0 Å². The Morgan fingerprint density at radius 1 is 0.933 bits per heavy atom. The molecule has 150 valence electrons. The number of benzene rings is 3. The van der Waals surface area contributed by atoms with Crippen LogP contribution < -0.4 is 0 Å². The highest BCUT2D eigenvalue weighted by molar-refractivity contribution is 7.91. The number of fused-ring (bicyclic) bond motifs is 2. The molecular weight excluding hydrogens is 410 g/mol. The molecule has 0 amide bonds. The fraction of sp³-hybridized carbons (Fsp3) is 0.0500. The zero-order valence-electron chi connectivity index (χ0n) is 15.5. The second-order valence-corrected chi connectivity index (χ2v) is 8.18. The summed E-state index contributed by atoms with van der Waals surface area (Å²) in [6, 6.07) is 13.9. The number of esters is 1. The first kappa shape index (κ1) is 19.4. The highest BCUT2D eigenvalue weighted by Gasteiger charge is 2.23. The number of sulfone groups is 1. The number of hydrogen-bond acceptors (Lipinski definition) is 8. The normalized spacial score (nSPS) is 11.5. The Morgan fingerprint density at radius 3 is 2.17 bits per heavy atom. The molecule has 30 heavy (non-hydrogen) atoms. The molecule has 4 rings (SSSR count). The minimum absolute atomic E-state index is 0.0910. The van der Waals surface area contributed by atoms with Crippen molar-refractivity contribution in [3.05, 3.63) is 76.3 Å². The van der Waals surface area contributed by atoms with Crippen molar-refractivity contribution in [2.45, 2.75) is 9.79 Å². The molecule has 1 heterocycles. The predicted octanol–water partition coefficient (Wildman–Crippen LogP) is 3.31. The smallest absolute Gasteiger partial charge is 0.340 e. The number of para-hydroxylation sites is 2. The monoisotopic (exact) mass is 423 g/mol. The number of non-ortho nitro benzene ring substituents is 1. The van der Waals surface area contributed by atoms with Crippen LogP contribution in [-0.4, -0.2) is 36.4 Å². The van der Waals surface area contributed by atoms with Crippen molar-refractivity contribution in [1.29, 1.82) is 0 Å². The zero-order valence-corrected chi connectivity index (χ0v) is 16.3. The molecule has 0 aliphatic rings. The van der Waals surface area contributed by atoms with Crippen LogP contribution in [-0.2, 0) is 14.6 Å². The number of aromatic nitrogens is 2. The summed E-state index contributed by atoms with van der Waals surface area (Å²) in [5, 5.41) is 10.8. The number of methoxy groups -OCH3 is 1. The van der Waals surface area contributed by atoms with Crippen LogP contribution in [0, 0.1) is 10.1 Å². The van der Waals surface area contributed by atoms with Crippen LogP contribution in [0.1, 0.15) is 10.4 Å². The summed E-state index contributed by atoms with van der Waals surface area (Å²) in [6.07, 6.45) is 0. The minimum Gasteiger partial charge on any atom is -0.465 e. The Balaban J connectivity index is 1.94. The first-order chi connectivity index (χ1) is 14.3. The number of carbonyl (C=O) groups excluding carboxylic acids is 1. The molecule has 1 aromatic heterocycles. The van der Waals surface area contributed by atoms with Gasteiger partial charge in [-0.05, 0) is 36.4 Å². The SMILES string of the molecule is COC(=O)c1cccc2nc3c(S(=O)(=O)c4ccc([N+](=O)[O-])cc4)cccc3nc12. The third-order valence-electron chi connectivity index (χ3n) is 4.51. The summed E-state index contributed by atoms with van der Waals surface area (Å²) in [6.45, 7) is 0. The second-order valence-electron chi connectivity index (χ2n) is 6.27. The van der Waals surface area contributed by atoms with Crippen LogP contribution in [0.15, 0.2) is 70.5 Å². The Kier molecular flexibility index (Phi) is 4.63. The van der Waals surface area contributed by atoms with Crippen molar-refractivity contribution in [1.82, 2.24) is 9.97 Å². The molecule has 0 aliphatic carbocycles. The Bertz CT molecular complexity index is 1430. The average molecular weight is 423 g/mol. The molecule has 3 aromatic carbocycles. The minimum atomic E-state index is -4.02. The molecule has 4 aromatic rings. The van der Waals surface area contributed by atoms with E-state index in [1.807, 2.05) is 0 Å². The number of carbonyl (C=O) groups is 1. The van der Waals surface area contributed by atoms with E-state index in [0.29, 0.717) is 11.0 Å². The maximum absolute atomic E-state index is 13.2. The van der Waals surface area contributed by atoms with Crippen molar-refractivity contribution in [3.8, 4) is 0 Å². The summed E-state index contributed by atoms with van der Waals surface area (Å²) in [7, 11) is -2.77. The van der Waals surface area contributed by atoms with Crippen LogP contribution in [0.2, 0.25) is 0 Å². The van der Waals surface area contributed by atoms with Crippen molar-refractivity contribution < 1.29 is 22.9 Å². The summed E-state index contributed by atoms with van der Waals surface area (Å²) in [5.41, 5.74) is 1.03. The molecular formula is C20H13N3O6S. The topological polar surface area (TPSA) is 129 Å². The van der Waals surface area contributed by atoms with Gasteiger partial charge in [0, 0.05) is 12.1 Å². The molecule has 0 bridgehead atoms. The van der Waals surface area contributed by atoms with Crippen molar-refractivity contribution in [2.75, 3.05) is 7.11 Å². The van der Waals surface area contributed by atoms with Gasteiger partial charge >= 0.3 is 5.97 Å². The lowest BCUT2D eigenvalue weighted by Gasteiger charge is -2.09. The number of rotatable bonds is 4. The van der Waals surface area contributed by atoms with Gasteiger partial charge in [0.25, 0.3) is 5.69 Å². The molecule has 0 spiro atoms. The van der Waals surface area contributed by atoms with E-state index in [1.54, 1.807) is 24.3 Å². The summed E-state index contributed by atoms with van der Waals surface area (Å²) >= 11 is 0. The van der Waals surface area contributed by atoms with Gasteiger partial charge in [0.05, 0.1) is 38.4 Å². The van der Waals surface area contributed by atoms with Crippen LogP contribution in [0.3, 0.4) is 0 Å². The highest BCUT2D eigenvalue weighted by atomic mass is 32.2. The molecule has 0 N–H and O–H groups in total. The standard InChI is InChI=1S/C20H13N3O6S/c1-29-20(24)14-4-2-5-15-18(14)21-16-6-3-7-17(19(16)22-15)30(27,28)13-10-8-12(9-11-13)23(25)26/h2-11H,1H3. The van der Waals surface area contributed by atoms with Gasteiger partial charge in [-0.3, -0.25) is 10.1 Å². The molecule has 0 aliphatic heterocycles. The van der Waals surface area contributed by atoms with E-state index in [9.17, 15) is 23.3 Å². The number of nitro benzene ring substituents is 1. The van der Waals surface area contributed by atoms with Crippen LogP contribution >= 0.6 is 0 Å². The fourth-order valence-electron chi connectivity index (χ4n) is 3.06. The molecule has 9 nitrogen and oxygen atoms in total. The Labute approximate surface area is 170 Å². The molecule has 0 saturated carbocycles. The van der Waals surface area contributed by atoms with Crippen molar-refractivity contribution >= 4 is 43.6 Å². The van der Waals surface area contributed by atoms with Gasteiger partial charge in [-0.25, -0.2) is 23.2 Å². The fourth-order valence-corrected chi connectivity index (χ4v) is 4.47. The van der Waals surface area contributed by atoms with Gasteiger partial charge in [0.2, 0.25) is 9.84 Å². The Hall–Kier alpha value is -3.92. The predicted molar refractivity (Wildman–Crippen MR) is 107 cm³/mol. The van der Waals surface area contributed by atoms with E-state index in [2.05, 4.69) is 9.97 Å². The maximum atomic E-state index is 13.2. The quantitative estimate of drug-likeness (QED) is 0.212. The van der Waals surface area contributed by atoms with Gasteiger partial charge in [-0.15, -0.1) is 0 Å². The van der Waals surface area contributed by atoms with E-state index in [0.717, 1.165) is 12.1 Å². The van der Waals surface area contributed by atoms with Gasteiger partial charge in [0.1, 0.15) is 11.0 Å². The van der Waals surface area contributed by atoms with Gasteiger partial charge in [-0.1, -0.05) is 12.1 Å². The molecule has 0 unspecified atom stereocenters. The van der Waals surface area contributed by atoms with E-state index in [1.165, 1.54) is 31.4 Å². The lowest BCUT2D eigenvalue weighted by Crippen LogP contribution is -2.06. The zero-order chi connectivity index (χ0) is 21.5. The van der Waals surface area contributed by atoms with E-state index in [-0.39, 0.29) is 32.1 Å². The molecule has 0 saturated heterocycles. The summed E-state index contributed by atoms with van der Waals surface area (Å²) in [5.74, 6) is -0.580. The summed E-state index contributed by atoms with van der Waals surface area (Å²) in [4.78, 5) is 30.9. The van der Waals surface area contributed by atoms with Crippen molar-refractivity contribution in [2.24, 2.45) is 0 Å². The maximum Gasteiger partial charge on any atom is 0.340 e. The average Bonchev–Trinajstić information content (AvgIpc) is 2.76.